The fourth-order valence-electron chi connectivity index (χ4n) is 3.07. The fraction of sp³-hybridized carbons (Fsp3) is 0.471. The lowest BCUT2D eigenvalue weighted by atomic mass is 10.2. The number of rotatable bonds is 4. The molecule has 0 bridgehead atoms. The van der Waals surface area contributed by atoms with Gasteiger partial charge in [-0.05, 0) is 19.1 Å². The van der Waals surface area contributed by atoms with Crippen LogP contribution >= 0.6 is 0 Å². The van der Waals surface area contributed by atoms with Crippen LogP contribution in [0.1, 0.15) is 6.92 Å². The van der Waals surface area contributed by atoms with Crippen LogP contribution < -0.4 is 5.43 Å². The lowest BCUT2D eigenvalue weighted by Gasteiger charge is -2.35. The number of aromatic nitrogens is 2. The van der Waals surface area contributed by atoms with E-state index in [1.165, 1.54) is 6.20 Å². The molecular weight excluding hydrogens is 308 g/mol. The molecule has 0 unspecified atom stereocenters. The van der Waals surface area contributed by atoms with Gasteiger partial charge in [0.25, 0.3) is 0 Å². The number of benzene rings is 1. The second-order valence-corrected chi connectivity index (χ2v) is 6.21. The summed E-state index contributed by atoms with van der Waals surface area (Å²) in [7, 11) is 0. The number of carbonyl (C=O) groups is 1. The van der Waals surface area contributed by atoms with Gasteiger partial charge in [-0.2, -0.15) is 5.10 Å². The number of aliphatic hydroxyl groups excluding tert-OH is 1. The van der Waals surface area contributed by atoms with Crippen molar-refractivity contribution in [3.63, 3.8) is 0 Å². The molecule has 2 aromatic rings. The molecule has 2 heterocycles. The molecule has 1 amide bonds. The van der Waals surface area contributed by atoms with Crippen LogP contribution in [0.5, 0.6) is 0 Å². The largest absolute Gasteiger partial charge is 0.392 e. The molecule has 7 nitrogen and oxygen atoms in total. The summed E-state index contributed by atoms with van der Waals surface area (Å²) in [6.45, 7) is 5.33. The molecule has 0 aliphatic carbocycles. The van der Waals surface area contributed by atoms with Gasteiger partial charge in [-0.15, -0.1) is 0 Å². The number of nitrogens with zero attached hydrogens (tertiary/aromatic N) is 4. The van der Waals surface area contributed by atoms with Gasteiger partial charge < -0.3 is 10.0 Å². The second-order valence-electron chi connectivity index (χ2n) is 6.21. The van der Waals surface area contributed by atoms with E-state index >= 15 is 0 Å². The molecule has 0 radical (unpaired) electrons. The fourth-order valence-corrected chi connectivity index (χ4v) is 3.07. The van der Waals surface area contributed by atoms with Crippen molar-refractivity contribution in [3.8, 4) is 0 Å². The zero-order valence-corrected chi connectivity index (χ0v) is 13.8. The molecule has 0 spiro atoms. The summed E-state index contributed by atoms with van der Waals surface area (Å²) in [5.74, 6) is -0.00648. The Balaban J connectivity index is 1.68. The molecule has 1 N–H and O–H groups in total. The number of para-hydroxylation sites is 1. The summed E-state index contributed by atoms with van der Waals surface area (Å²) in [6, 6.07) is 7.18. The Morgan fingerprint density at radius 1 is 1.25 bits per heavy atom. The summed E-state index contributed by atoms with van der Waals surface area (Å²) in [5.41, 5.74) is 0.534. The Kier molecular flexibility index (Phi) is 4.92. The molecule has 1 aromatic heterocycles. The molecule has 1 atom stereocenters. The van der Waals surface area contributed by atoms with Crippen molar-refractivity contribution in [2.75, 3.05) is 32.7 Å². The highest BCUT2D eigenvalue weighted by molar-refractivity contribution is 5.81. The molecule has 1 aromatic carbocycles. The Hall–Kier alpha value is -2.25. The summed E-state index contributed by atoms with van der Waals surface area (Å²) in [5, 5.41) is 14.1. The predicted molar refractivity (Wildman–Crippen MR) is 90.7 cm³/mol. The molecule has 24 heavy (non-hydrogen) atoms. The Labute approximate surface area is 140 Å². The molecule has 1 aliphatic heterocycles. The normalized spacial score (nSPS) is 17.2. The molecule has 128 valence electrons. The molecule has 3 rings (SSSR count). The third-order valence-electron chi connectivity index (χ3n) is 4.29. The van der Waals surface area contributed by atoms with E-state index in [0.29, 0.717) is 30.5 Å². The van der Waals surface area contributed by atoms with Crippen molar-refractivity contribution >= 4 is 16.8 Å². The number of hydrogen-bond acceptors (Lipinski definition) is 5. The quantitative estimate of drug-likeness (QED) is 0.848. The third kappa shape index (κ3) is 3.63. The average Bonchev–Trinajstić information content (AvgIpc) is 2.58. The van der Waals surface area contributed by atoms with Crippen LogP contribution in [-0.2, 0) is 11.3 Å². The van der Waals surface area contributed by atoms with Gasteiger partial charge in [-0.25, -0.2) is 0 Å². The summed E-state index contributed by atoms with van der Waals surface area (Å²) in [6.07, 6.45) is 0.903. The van der Waals surface area contributed by atoms with Crippen LogP contribution in [-0.4, -0.2) is 69.4 Å². The number of piperazine rings is 1. The van der Waals surface area contributed by atoms with Gasteiger partial charge in [0.1, 0.15) is 6.54 Å². The number of fused-ring (bicyclic) bond motifs is 1. The lowest BCUT2D eigenvalue weighted by molar-refractivity contribution is -0.133. The van der Waals surface area contributed by atoms with Gasteiger partial charge in [0.2, 0.25) is 11.3 Å². The first-order chi connectivity index (χ1) is 11.5. The van der Waals surface area contributed by atoms with E-state index in [4.69, 9.17) is 0 Å². The van der Waals surface area contributed by atoms with Gasteiger partial charge in [-0.3, -0.25) is 19.2 Å². The maximum Gasteiger partial charge on any atom is 0.244 e. The van der Waals surface area contributed by atoms with Crippen LogP contribution in [0.15, 0.2) is 35.3 Å². The highest BCUT2D eigenvalue weighted by atomic mass is 16.3. The van der Waals surface area contributed by atoms with E-state index in [2.05, 4.69) is 10.00 Å². The Morgan fingerprint density at radius 2 is 1.96 bits per heavy atom. The van der Waals surface area contributed by atoms with Crippen molar-refractivity contribution in [2.45, 2.75) is 19.6 Å². The number of hydrogen-bond donors (Lipinski definition) is 1. The van der Waals surface area contributed by atoms with E-state index < -0.39 is 0 Å². The van der Waals surface area contributed by atoms with Crippen LogP contribution in [0.25, 0.3) is 10.9 Å². The van der Waals surface area contributed by atoms with Crippen molar-refractivity contribution in [1.82, 2.24) is 19.6 Å². The molecule has 1 aliphatic rings. The molecular formula is C17H22N4O3. The highest BCUT2D eigenvalue weighted by Gasteiger charge is 2.22. The predicted octanol–water partition coefficient (Wildman–Crippen LogP) is -0.0785. The minimum absolute atomic E-state index is 0.00648. The number of β-amino-alcohol motifs (C(OH)–C–C–N with tert-alkyl or cyclic N) is 1. The molecule has 7 heteroatoms. The zero-order valence-electron chi connectivity index (χ0n) is 13.8. The highest BCUT2D eigenvalue weighted by Crippen LogP contribution is 2.09. The molecule has 0 saturated carbocycles. The van der Waals surface area contributed by atoms with Gasteiger partial charge in [0.05, 0.1) is 17.8 Å². The summed E-state index contributed by atoms with van der Waals surface area (Å²) in [4.78, 5) is 28.4. The second kappa shape index (κ2) is 7.11. The summed E-state index contributed by atoms with van der Waals surface area (Å²) < 4.78 is 1.58. The summed E-state index contributed by atoms with van der Waals surface area (Å²) >= 11 is 0. The van der Waals surface area contributed by atoms with E-state index in [1.54, 1.807) is 29.8 Å². The topological polar surface area (TPSA) is 78.7 Å². The third-order valence-corrected chi connectivity index (χ3v) is 4.29. The Morgan fingerprint density at radius 3 is 2.67 bits per heavy atom. The van der Waals surface area contributed by atoms with Crippen molar-refractivity contribution < 1.29 is 9.90 Å². The Bertz CT molecular complexity index is 779. The van der Waals surface area contributed by atoms with Crippen LogP contribution in [0.2, 0.25) is 0 Å². The van der Waals surface area contributed by atoms with E-state index in [0.717, 1.165) is 13.1 Å². The molecule has 1 saturated heterocycles. The first-order valence-corrected chi connectivity index (χ1v) is 8.17. The first kappa shape index (κ1) is 16.6. The average molecular weight is 330 g/mol. The number of carbonyl (C=O) groups excluding carboxylic acids is 1. The van der Waals surface area contributed by atoms with Gasteiger partial charge in [-0.1, -0.05) is 12.1 Å². The maximum absolute atomic E-state index is 12.5. The van der Waals surface area contributed by atoms with Crippen molar-refractivity contribution in [2.24, 2.45) is 0 Å². The van der Waals surface area contributed by atoms with Gasteiger partial charge in [0.15, 0.2) is 0 Å². The van der Waals surface area contributed by atoms with Crippen LogP contribution in [0, 0.1) is 0 Å². The lowest BCUT2D eigenvalue weighted by Crippen LogP contribution is -2.51. The minimum Gasteiger partial charge on any atom is -0.392 e. The van der Waals surface area contributed by atoms with Crippen LogP contribution in [0.3, 0.4) is 0 Å². The van der Waals surface area contributed by atoms with Crippen molar-refractivity contribution in [1.29, 1.82) is 0 Å². The minimum atomic E-state index is -0.357. The number of amides is 1. The number of aliphatic hydroxyl groups is 1. The monoisotopic (exact) mass is 330 g/mol. The SMILES string of the molecule is C[C@H](O)CN1CCN(C(=O)Cn2ncc(=O)c3ccccc32)CC1. The van der Waals surface area contributed by atoms with Crippen molar-refractivity contribution in [3.05, 3.63) is 40.7 Å². The first-order valence-electron chi connectivity index (χ1n) is 8.17. The van der Waals surface area contributed by atoms with Gasteiger partial charge >= 0.3 is 0 Å². The smallest absolute Gasteiger partial charge is 0.244 e. The standard InChI is InChI=1S/C17H22N4O3/c1-13(22)11-19-6-8-20(9-7-19)17(24)12-21-15-5-3-2-4-14(15)16(23)10-18-21/h2-5,10,13,22H,6-9,11-12H2,1H3/t13-/m0/s1. The zero-order chi connectivity index (χ0) is 17.1. The molecule has 1 fully saturated rings. The van der Waals surface area contributed by atoms with E-state index in [9.17, 15) is 14.7 Å². The maximum atomic E-state index is 12.5. The van der Waals surface area contributed by atoms with E-state index in [1.807, 2.05) is 11.0 Å². The van der Waals surface area contributed by atoms with E-state index in [-0.39, 0.29) is 24.0 Å². The van der Waals surface area contributed by atoms with Gasteiger partial charge in [0, 0.05) is 38.1 Å². The van der Waals surface area contributed by atoms with Crippen LogP contribution in [0.4, 0.5) is 0 Å².